The van der Waals surface area contributed by atoms with Crippen LogP contribution < -0.4 is 0 Å². The molecule has 4 aromatic heterocycles. The van der Waals surface area contributed by atoms with Crippen LogP contribution in [0, 0.1) is 0 Å². The maximum atomic E-state index is 6.50. The highest BCUT2D eigenvalue weighted by Crippen LogP contribution is 2.46. The van der Waals surface area contributed by atoms with E-state index in [2.05, 4.69) is 197 Å². The molecule has 59 heavy (non-hydrogen) atoms. The maximum Gasteiger partial charge on any atom is 0.235 e. The fourth-order valence-electron chi connectivity index (χ4n) is 9.57. The first-order chi connectivity index (χ1) is 29.3. The number of hydrogen-bond donors (Lipinski definition) is 0. The minimum atomic E-state index is 0.632. The maximum absolute atomic E-state index is 6.50. The second-order valence-corrected chi connectivity index (χ2v) is 15.3. The second kappa shape index (κ2) is 12.2. The van der Waals surface area contributed by atoms with E-state index >= 15 is 0 Å². The molecule has 0 radical (unpaired) electrons. The van der Waals surface area contributed by atoms with E-state index in [-0.39, 0.29) is 0 Å². The molecule has 0 amide bonds. The Hall–Kier alpha value is -8.02. The first kappa shape index (κ1) is 32.1. The molecule has 0 saturated carbocycles. The molecule has 13 aromatic rings. The molecule has 4 heterocycles. The van der Waals surface area contributed by atoms with Crippen LogP contribution in [0.3, 0.4) is 0 Å². The van der Waals surface area contributed by atoms with Gasteiger partial charge in [0.05, 0.1) is 39.0 Å². The van der Waals surface area contributed by atoms with Gasteiger partial charge < -0.3 is 8.98 Å². The van der Waals surface area contributed by atoms with Crippen LogP contribution in [-0.2, 0) is 0 Å². The Morgan fingerprint density at radius 1 is 0.356 bits per heavy atom. The van der Waals surface area contributed by atoms with Gasteiger partial charge in [0.15, 0.2) is 0 Å². The highest BCUT2D eigenvalue weighted by molar-refractivity contribution is 6.33. The summed E-state index contributed by atoms with van der Waals surface area (Å²) in [5, 5.41) is 10.3. The van der Waals surface area contributed by atoms with Gasteiger partial charge in [-0.3, -0.25) is 4.57 Å². The lowest BCUT2D eigenvalue weighted by atomic mass is 10.0. The van der Waals surface area contributed by atoms with Gasteiger partial charge >= 0.3 is 0 Å². The molecule has 0 aliphatic carbocycles. The minimum absolute atomic E-state index is 0.632. The average molecular weight is 753 g/mol. The summed E-state index contributed by atoms with van der Waals surface area (Å²) in [4.78, 5) is 10.8. The van der Waals surface area contributed by atoms with Crippen LogP contribution in [0.2, 0.25) is 0 Å². The standard InChI is InChI=1S/C54H32N4O/c1-2-13-33(14-3-1)34-25-27-36(28-26-34)52-38-18-6-9-21-42(38)55-54(56-52)58-44-22-10-7-19-39(44)50-46(58)30-29-41-49-45(31-32-48-51(49)40-20-8-11-24-47(40)59-48)57(53(41)50)43-23-12-16-35-15-4-5-17-37(35)43/h1-32H. The zero-order valence-corrected chi connectivity index (χ0v) is 31.7. The van der Waals surface area contributed by atoms with Crippen LogP contribution in [0.4, 0.5) is 0 Å². The van der Waals surface area contributed by atoms with E-state index in [0.717, 1.165) is 82.6 Å². The summed E-state index contributed by atoms with van der Waals surface area (Å²) >= 11 is 0. The van der Waals surface area contributed by atoms with Crippen molar-refractivity contribution in [3.05, 3.63) is 194 Å². The van der Waals surface area contributed by atoms with Crippen molar-refractivity contribution in [2.75, 3.05) is 0 Å². The van der Waals surface area contributed by atoms with E-state index in [1.54, 1.807) is 0 Å². The average Bonchev–Trinajstić information content (AvgIpc) is 3.96. The van der Waals surface area contributed by atoms with Gasteiger partial charge in [-0.15, -0.1) is 0 Å². The fraction of sp³-hybridized carbons (Fsp3) is 0. The van der Waals surface area contributed by atoms with Crippen molar-refractivity contribution in [3.8, 4) is 34.0 Å². The molecule has 0 aliphatic heterocycles. The van der Waals surface area contributed by atoms with Gasteiger partial charge in [-0.25, -0.2) is 9.97 Å². The summed E-state index contributed by atoms with van der Waals surface area (Å²) in [6.45, 7) is 0. The highest BCUT2D eigenvalue weighted by atomic mass is 16.3. The summed E-state index contributed by atoms with van der Waals surface area (Å²) < 4.78 is 11.2. The third-order valence-corrected chi connectivity index (χ3v) is 12.1. The molecule has 13 rings (SSSR count). The van der Waals surface area contributed by atoms with Gasteiger partial charge in [-0.05, 0) is 59.0 Å². The Labute approximate surface area is 337 Å². The first-order valence-electron chi connectivity index (χ1n) is 20.0. The van der Waals surface area contributed by atoms with E-state index in [1.807, 2.05) is 6.07 Å². The Kier molecular flexibility index (Phi) is 6.66. The Bertz CT molecular complexity index is 3830. The van der Waals surface area contributed by atoms with Crippen LogP contribution in [0.5, 0.6) is 0 Å². The fourth-order valence-corrected chi connectivity index (χ4v) is 9.57. The molecule has 0 atom stereocenters. The third kappa shape index (κ3) is 4.61. The van der Waals surface area contributed by atoms with Gasteiger partial charge in [0, 0.05) is 48.7 Å². The number of nitrogens with zero attached hydrogens (tertiary/aromatic N) is 4. The lowest BCUT2D eigenvalue weighted by molar-refractivity contribution is 0.669. The number of para-hydroxylation sites is 3. The van der Waals surface area contributed by atoms with Crippen molar-refractivity contribution in [2.24, 2.45) is 0 Å². The Morgan fingerprint density at radius 3 is 1.90 bits per heavy atom. The van der Waals surface area contributed by atoms with E-state index in [4.69, 9.17) is 14.4 Å². The molecule has 0 fully saturated rings. The minimum Gasteiger partial charge on any atom is -0.456 e. The molecule has 0 aliphatic rings. The van der Waals surface area contributed by atoms with Crippen LogP contribution in [0.25, 0.3) is 121 Å². The van der Waals surface area contributed by atoms with Gasteiger partial charge in [-0.1, -0.05) is 152 Å². The molecule has 0 saturated heterocycles. The smallest absolute Gasteiger partial charge is 0.235 e. The SMILES string of the molecule is c1ccc(-c2ccc(-c3nc(-n4c5ccccc5c5c4ccc4c6c7c(ccc6n(-c6cccc8ccccc68)c45)oc4ccccc47)nc4ccccc34)cc2)cc1. The van der Waals surface area contributed by atoms with Crippen LogP contribution in [0.15, 0.2) is 199 Å². The molecule has 0 unspecified atom stereocenters. The van der Waals surface area contributed by atoms with Crippen LogP contribution in [0.1, 0.15) is 0 Å². The summed E-state index contributed by atoms with van der Waals surface area (Å²) in [5.41, 5.74) is 12.4. The predicted molar refractivity (Wildman–Crippen MR) is 244 cm³/mol. The quantitative estimate of drug-likeness (QED) is 0.180. The molecule has 9 aromatic carbocycles. The van der Waals surface area contributed by atoms with Crippen molar-refractivity contribution in [1.29, 1.82) is 0 Å². The molecular weight excluding hydrogens is 721 g/mol. The number of fused-ring (bicyclic) bond motifs is 13. The van der Waals surface area contributed by atoms with Gasteiger partial charge in [0.25, 0.3) is 0 Å². The second-order valence-electron chi connectivity index (χ2n) is 15.3. The predicted octanol–water partition coefficient (Wildman–Crippen LogP) is 14.2. The van der Waals surface area contributed by atoms with Crippen molar-refractivity contribution in [2.45, 2.75) is 0 Å². The van der Waals surface area contributed by atoms with Crippen molar-refractivity contribution < 1.29 is 4.42 Å². The Balaban J connectivity index is 1.15. The highest BCUT2D eigenvalue weighted by Gasteiger charge is 2.25. The summed E-state index contributed by atoms with van der Waals surface area (Å²) in [7, 11) is 0. The summed E-state index contributed by atoms with van der Waals surface area (Å²) in [6.07, 6.45) is 0. The monoisotopic (exact) mass is 752 g/mol. The van der Waals surface area contributed by atoms with E-state index in [0.29, 0.717) is 5.95 Å². The summed E-state index contributed by atoms with van der Waals surface area (Å²) in [5.74, 6) is 0.632. The number of aromatic nitrogens is 4. The number of benzene rings is 9. The molecule has 274 valence electrons. The zero-order valence-electron chi connectivity index (χ0n) is 31.7. The van der Waals surface area contributed by atoms with E-state index < -0.39 is 0 Å². The molecule has 5 heteroatoms. The number of hydrogen-bond acceptors (Lipinski definition) is 3. The van der Waals surface area contributed by atoms with Crippen LogP contribution >= 0.6 is 0 Å². The first-order valence-corrected chi connectivity index (χ1v) is 20.0. The zero-order chi connectivity index (χ0) is 38.6. The lowest BCUT2D eigenvalue weighted by Crippen LogP contribution is -2.03. The molecular formula is C54H32N4O. The molecule has 0 bridgehead atoms. The van der Waals surface area contributed by atoms with Gasteiger partial charge in [0.1, 0.15) is 11.2 Å². The topological polar surface area (TPSA) is 48.8 Å². The molecule has 0 spiro atoms. The van der Waals surface area contributed by atoms with Crippen LogP contribution in [-0.4, -0.2) is 19.1 Å². The third-order valence-electron chi connectivity index (χ3n) is 12.1. The van der Waals surface area contributed by atoms with Crippen molar-refractivity contribution >= 4 is 87.2 Å². The largest absolute Gasteiger partial charge is 0.456 e. The Morgan fingerprint density at radius 2 is 1.02 bits per heavy atom. The normalized spacial score (nSPS) is 12.1. The van der Waals surface area contributed by atoms with Gasteiger partial charge in [0.2, 0.25) is 5.95 Å². The molecule has 5 nitrogen and oxygen atoms in total. The summed E-state index contributed by atoms with van der Waals surface area (Å²) in [6, 6.07) is 68.8. The van der Waals surface area contributed by atoms with Gasteiger partial charge in [-0.2, -0.15) is 0 Å². The number of furan rings is 1. The van der Waals surface area contributed by atoms with Crippen molar-refractivity contribution in [3.63, 3.8) is 0 Å². The van der Waals surface area contributed by atoms with Crippen molar-refractivity contribution in [1.82, 2.24) is 19.1 Å². The lowest BCUT2D eigenvalue weighted by Gasteiger charge is -2.13. The molecule has 0 N–H and O–H groups in total. The van der Waals surface area contributed by atoms with E-state index in [1.165, 1.54) is 32.7 Å². The van der Waals surface area contributed by atoms with E-state index in [9.17, 15) is 0 Å². The number of rotatable bonds is 4.